The molecule has 0 fully saturated rings. The van der Waals surface area contributed by atoms with Gasteiger partial charge >= 0.3 is 0 Å². The van der Waals surface area contributed by atoms with Crippen LogP contribution in [0.15, 0.2) is 88.3 Å². The Hall–Kier alpha value is -2.81. The van der Waals surface area contributed by atoms with E-state index in [-0.39, 0.29) is 5.54 Å². The Bertz CT molecular complexity index is 954. The van der Waals surface area contributed by atoms with Gasteiger partial charge in [-0.05, 0) is 49.6 Å². The molecule has 0 aromatic heterocycles. The molecule has 1 aromatic rings. The van der Waals surface area contributed by atoms with E-state index >= 15 is 0 Å². The van der Waals surface area contributed by atoms with E-state index in [2.05, 4.69) is 93.3 Å². The average Bonchev–Trinajstić information content (AvgIpc) is 2.66. The minimum absolute atomic E-state index is 0.323. The highest BCUT2D eigenvalue weighted by atomic mass is 15.1. The fraction of sp³-hybridized carbons (Fsp3) is 0.320. The second-order valence-electron chi connectivity index (χ2n) is 8.22. The van der Waals surface area contributed by atoms with Gasteiger partial charge in [0.05, 0.1) is 0 Å². The van der Waals surface area contributed by atoms with Crippen molar-refractivity contribution in [2.75, 3.05) is 19.0 Å². The zero-order valence-electron chi connectivity index (χ0n) is 17.3. The van der Waals surface area contributed by atoms with E-state index in [1.165, 1.54) is 28.1 Å². The maximum atomic E-state index is 5.27. The molecule has 3 nitrogen and oxygen atoms in total. The maximum absolute atomic E-state index is 5.27. The fourth-order valence-corrected chi connectivity index (χ4v) is 4.77. The van der Waals surface area contributed by atoms with Crippen LogP contribution in [-0.2, 0) is 0 Å². The number of benzene rings is 1. The lowest BCUT2D eigenvalue weighted by atomic mass is 9.62. The third-order valence-electron chi connectivity index (χ3n) is 6.01. The van der Waals surface area contributed by atoms with Gasteiger partial charge in [0.1, 0.15) is 5.54 Å². The summed E-state index contributed by atoms with van der Waals surface area (Å²) in [5.41, 5.74) is 8.35. The van der Waals surface area contributed by atoms with Gasteiger partial charge in [0.15, 0.2) is 0 Å². The zero-order valence-corrected chi connectivity index (χ0v) is 17.3. The summed E-state index contributed by atoms with van der Waals surface area (Å²) in [7, 11) is 4.12. The van der Waals surface area contributed by atoms with Gasteiger partial charge in [-0.1, -0.05) is 42.5 Å². The van der Waals surface area contributed by atoms with Gasteiger partial charge in [0.2, 0.25) is 0 Å². The maximum Gasteiger partial charge on any atom is 0.113 e. The van der Waals surface area contributed by atoms with Crippen LogP contribution >= 0.6 is 0 Å². The van der Waals surface area contributed by atoms with Crippen molar-refractivity contribution in [2.24, 2.45) is 10.9 Å². The monoisotopic (exact) mass is 371 g/mol. The molecule has 2 aliphatic carbocycles. The lowest BCUT2D eigenvalue weighted by Gasteiger charge is -2.47. The first-order valence-corrected chi connectivity index (χ1v) is 9.97. The van der Waals surface area contributed by atoms with Crippen LogP contribution in [0.2, 0.25) is 0 Å². The summed E-state index contributed by atoms with van der Waals surface area (Å²) < 4.78 is 0. The molecular formula is C25H29N3. The number of fused-ring (bicyclic) bond motifs is 3. The summed E-state index contributed by atoms with van der Waals surface area (Å²) in [6.07, 6.45) is 13.0. The number of rotatable bonds is 3. The van der Waals surface area contributed by atoms with Gasteiger partial charge in [-0.25, -0.2) is 0 Å². The number of nitrogens with zero attached hydrogens (tertiary/aromatic N) is 2. The van der Waals surface area contributed by atoms with E-state index in [1.54, 1.807) is 0 Å². The van der Waals surface area contributed by atoms with Crippen LogP contribution in [-0.4, -0.2) is 25.8 Å². The smallest absolute Gasteiger partial charge is 0.113 e. The molecule has 28 heavy (non-hydrogen) atoms. The summed E-state index contributed by atoms with van der Waals surface area (Å²) in [5.74, 6) is 0.401. The molecule has 0 amide bonds. The van der Waals surface area contributed by atoms with Gasteiger partial charge in [0.25, 0.3) is 0 Å². The minimum Gasteiger partial charge on any atom is -0.378 e. The standard InChI is InChI=1S/C25H29N3/c1-6-22-20-13-17(2)15-25(22,23-12-7-18(3)27-24(23)14-20)26-16-19-8-10-21(11-9-19)28(4)5/h6-13,16,20,27H,3,14-15H2,1-2,4-5H3. The number of allylic oxidation sites excluding steroid dienone is 4. The van der Waals surface area contributed by atoms with E-state index in [9.17, 15) is 0 Å². The summed E-state index contributed by atoms with van der Waals surface area (Å²) in [6.45, 7) is 8.47. The Morgan fingerprint density at radius 1 is 1.21 bits per heavy atom. The fourth-order valence-electron chi connectivity index (χ4n) is 4.77. The molecule has 2 atom stereocenters. The van der Waals surface area contributed by atoms with Crippen LogP contribution in [0, 0.1) is 5.92 Å². The molecular weight excluding hydrogens is 342 g/mol. The molecule has 0 saturated carbocycles. The first-order chi connectivity index (χ1) is 13.4. The van der Waals surface area contributed by atoms with Crippen molar-refractivity contribution in [1.82, 2.24) is 5.32 Å². The molecule has 4 rings (SSSR count). The normalized spacial score (nSPS) is 27.7. The van der Waals surface area contributed by atoms with E-state index < -0.39 is 0 Å². The van der Waals surface area contributed by atoms with Crippen molar-refractivity contribution in [1.29, 1.82) is 0 Å². The van der Waals surface area contributed by atoms with Gasteiger partial charge in [-0.15, -0.1) is 0 Å². The molecule has 0 spiro atoms. The molecule has 2 unspecified atom stereocenters. The summed E-state index contributed by atoms with van der Waals surface area (Å²) >= 11 is 0. The van der Waals surface area contributed by atoms with Crippen molar-refractivity contribution in [3.63, 3.8) is 0 Å². The molecule has 1 aliphatic heterocycles. The third kappa shape index (κ3) is 3.05. The lowest BCUT2D eigenvalue weighted by molar-refractivity contribution is 0.453. The van der Waals surface area contributed by atoms with Crippen LogP contribution in [0.5, 0.6) is 0 Å². The third-order valence-corrected chi connectivity index (χ3v) is 6.01. The van der Waals surface area contributed by atoms with Crippen molar-refractivity contribution in [3.05, 3.63) is 88.8 Å². The van der Waals surface area contributed by atoms with Gasteiger partial charge in [-0.2, -0.15) is 0 Å². The molecule has 1 aromatic carbocycles. The summed E-state index contributed by atoms with van der Waals surface area (Å²) in [5, 5.41) is 3.51. The van der Waals surface area contributed by atoms with Crippen molar-refractivity contribution < 1.29 is 0 Å². The van der Waals surface area contributed by atoms with Crippen molar-refractivity contribution in [3.8, 4) is 0 Å². The van der Waals surface area contributed by atoms with E-state index in [4.69, 9.17) is 4.99 Å². The molecule has 3 heteroatoms. The van der Waals surface area contributed by atoms with Crippen LogP contribution in [0.4, 0.5) is 5.69 Å². The molecule has 0 radical (unpaired) electrons. The Morgan fingerprint density at radius 2 is 1.96 bits per heavy atom. The molecule has 3 aliphatic rings. The Morgan fingerprint density at radius 3 is 2.64 bits per heavy atom. The van der Waals surface area contributed by atoms with Gasteiger partial charge < -0.3 is 10.2 Å². The van der Waals surface area contributed by atoms with Gasteiger partial charge in [-0.3, -0.25) is 4.99 Å². The summed E-state index contributed by atoms with van der Waals surface area (Å²) in [4.78, 5) is 7.38. The van der Waals surface area contributed by atoms with Crippen molar-refractivity contribution in [2.45, 2.75) is 32.2 Å². The Kier molecular flexibility index (Phi) is 4.62. The largest absolute Gasteiger partial charge is 0.378 e. The number of hydrogen-bond donors (Lipinski definition) is 1. The number of aliphatic imine (C=N–C) groups is 1. The van der Waals surface area contributed by atoms with Crippen molar-refractivity contribution >= 4 is 11.9 Å². The first kappa shape index (κ1) is 18.5. The Balaban J connectivity index is 1.79. The second kappa shape index (κ2) is 6.97. The highest BCUT2D eigenvalue weighted by Crippen LogP contribution is 2.52. The number of anilines is 1. The minimum atomic E-state index is -0.323. The Labute approximate surface area is 168 Å². The SMILES string of the molecule is C=C1C=CC2=C(CC3C=C(C)CC2(N=Cc2ccc(N(C)C)cc2)C3=CC)N1. The highest BCUT2D eigenvalue weighted by molar-refractivity contribution is 5.82. The molecule has 1 N–H and O–H groups in total. The lowest BCUT2D eigenvalue weighted by Crippen LogP contribution is -2.44. The van der Waals surface area contributed by atoms with Crippen LogP contribution < -0.4 is 10.2 Å². The quantitative estimate of drug-likeness (QED) is 0.587. The second-order valence-corrected chi connectivity index (χ2v) is 8.22. The molecule has 144 valence electrons. The summed E-state index contributed by atoms with van der Waals surface area (Å²) in [6, 6.07) is 8.57. The highest BCUT2D eigenvalue weighted by Gasteiger charge is 2.47. The van der Waals surface area contributed by atoms with Crippen LogP contribution in [0.25, 0.3) is 0 Å². The predicted octanol–water partition coefficient (Wildman–Crippen LogP) is 5.15. The molecule has 2 bridgehead atoms. The molecule has 0 saturated heterocycles. The van der Waals surface area contributed by atoms with Gasteiger partial charge in [0, 0.05) is 55.3 Å². The zero-order chi connectivity index (χ0) is 19.9. The molecule has 1 heterocycles. The average molecular weight is 372 g/mol. The van der Waals surface area contributed by atoms with E-state index in [1.807, 2.05) is 6.21 Å². The van der Waals surface area contributed by atoms with E-state index in [0.717, 1.165) is 24.1 Å². The number of nitrogens with one attached hydrogen (secondary N) is 1. The predicted molar refractivity (Wildman–Crippen MR) is 120 cm³/mol. The number of hydrogen-bond acceptors (Lipinski definition) is 3. The van der Waals surface area contributed by atoms with Crippen LogP contribution in [0.3, 0.4) is 0 Å². The van der Waals surface area contributed by atoms with Crippen LogP contribution in [0.1, 0.15) is 32.3 Å². The first-order valence-electron chi connectivity index (χ1n) is 9.97. The number of dihydropyridines is 1. The van der Waals surface area contributed by atoms with E-state index in [0.29, 0.717) is 5.92 Å². The topological polar surface area (TPSA) is 27.6 Å².